The van der Waals surface area contributed by atoms with Gasteiger partial charge in [0, 0.05) is 25.0 Å². The molecule has 0 bridgehead atoms. The average Bonchev–Trinajstić information content (AvgIpc) is 2.46. The topological polar surface area (TPSA) is 62.4 Å². The number of aromatic nitrogens is 1. The van der Waals surface area contributed by atoms with Crippen molar-refractivity contribution in [2.45, 2.75) is 6.54 Å². The molecule has 0 amide bonds. The van der Waals surface area contributed by atoms with Crippen LogP contribution in [0.3, 0.4) is 0 Å². The molecule has 1 aromatic heterocycles. The lowest BCUT2D eigenvalue weighted by Gasteiger charge is -2.22. The van der Waals surface area contributed by atoms with Gasteiger partial charge in [-0.15, -0.1) is 6.58 Å². The summed E-state index contributed by atoms with van der Waals surface area (Å²) >= 11 is 0. The van der Waals surface area contributed by atoms with Gasteiger partial charge in [0.1, 0.15) is 5.82 Å². The molecule has 0 saturated carbocycles. The van der Waals surface area contributed by atoms with E-state index in [2.05, 4.69) is 11.6 Å². The Morgan fingerprint density at radius 2 is 2.16 bits per heavy atom. The molecule has 4 heteroatoms. The largest absolute Gasteiger partial charge is 0.395 e. The van der Waals surface area contributed by atoms with E-state index in [1.54, 1.807) is 6.08 Å². The Hall–Kier alpha value is -1.91. The molecule has 0 unspecified atom stereocenters. The number of nitrogens with zero attached hydrogens (tertiary/aromatic N) is 2. The summed E-state index contributed by atoms with van der Waals surface area (Å²) in [7, 11) is 0. The van der Waals surface area contributed by atoms with Crippen LogP contribution in [0.4, 0.5) is 5.82 Å². The van der Waals surface area contributed by atoms with Gasteiger partial charge >= 0.3 is 0 Å². The number of anilines is 1. The van der Waals surface area contributed by atoms with Gasteiger partial charge in [-0.3, -0.25) is 0 Å². The maximum Gasteiger partial charge on any atom is 0.129 e. The molecule has 100 valence electrons. The molecule has 0 aliphatic rings. The van der Waals surface area contributed by atoms with Crippen LogP contribution in [0.25, 0.3) is 10.9 Å². The summed E-state index contributed by atoms with van der Waals surface area (Å²) in [5, 5.41) is 10.2. The van der Waals surface area contributed by atoms with E-state index in [1.165, 1.54) is 0 Å². The number of benzene rings is 1. The number of hydrogen-bond acceptors (Lipinski definition) is 4. The fourth-order valence-corrected chi connectivity index (χ4v) is 2.14. The van der Waals surface area contributed by atoms with Gasteiger partial charge in [-0.2, -0.15) is 0 Å². The van der Waals surface area contributed by atoms with Crippen molar-refractivity contribution < 1.29 is 5.11 Å². The molecule has 0 aliphatic heterocycles. The number of nitrogens with two attached hydrogens (primary N) is 1. The highest BCUT2D eigenvalue weighted by molar-refractivity contribution is 5.84. The predicted molar refractivity (Wildman–Crippen MR) is 79.1 cm³/mol. The number of aliphatic hydroxyl groups excluding tert-OH is 1. The van der Waals surface area contributed by atoms with E-state index in [1.807, 2.05) is 35.2 Å². The van der Waals surface area contributed by atoms with Gasteiger partial charge < -0.3 is 15.7 Å². The van der Waals surface area contributed by atoms with Gasteiger partial charge in [0.25, 0.3) is 0 Å². The Morgan fingerprint density at radius 3 is 2.84 bits per heavy atom. The SMILES string of the molecule is C=CCN(CCO)c1cc(CN)c2ccccc2n1. The van der Waals surface area contributed by atoms with Gasteiger partial charge in [0.05, 0.1) is 12.1 Å². The molecule has 1 aromatic carbocycles. The lowest BCUT2D eigenvalue weighted by molar-refractivity contribution is 0.302. The van der Waals surface area contributed by atoms with Gasteiger partial charge in [-0.25, -0.2) is 4.98 Å². The van der Waals surface area contributed by atoms with Crippen molar-refractivity contribution in [2.24, 2.45) is 5.73 Å². The minimum absolute atomic E-state index is 0.0836. The van der Waals surface area contributed by atoms with Crippen molar-refractivity contribution in [3.8, 4) is 0 Å². The molecule has 2 rings (SSSR count). The molecule has 2 aromatic rings. The molecule has 0 spiro atoms. The standard InChI is InChI=1S/C15H19N3O/c1-2-7-18(8-9-19)15-10-12(11-16)13-5-3-4-6-14(13)17-15/h2-6,10,19H,1,7-9,11,16H2. The van der Waals surface area contributed by atoms with Crippen molar-refractivity contribution >= 4 is 16.7 Å². The smallest absolute Gasteiger partial charge is 0.129 e. The van der Waals surface area contributed by atoms with Gasteiger partial charge in [-0.1, -0.05) is 24.3 Å². The Morgan fingerprint density at radius 1 is 1.37 bits per heavy atom. The number of aliphatic hydroxyl groups is 1. The molecular formula is C15H19N3O. The molecule has 0 radical (unpaired) electrons. The van der Waals surface area contributed by atoms with Crippen LogP contribution in [-0.2, 0) is 6.54 Å². The number of hydrogen-bond donors (Lipinski definition) is 2. The summed E-state index contributed by atoms with van der Waals surface area (Å²) in [6.45, 7) is 5.47. The van der Waals surface area contributed by atoms with Crippen LogP contribution >= 0.6 is 0 Å². The average molecular weight is 257 g/mol. The van der Waals surface area contributed by atoms with Gasteiger partial charge in [-0.05, 0) is 17.7 Å². The number of rotatable bonds is 6. The summed E-state index contributed by atoms with van der Waals surface area (Å²) in [6, 6.07) is 9.93. The summed E-state index contributed by atoms with van der Waals surface area (Å²) < 4.78 is 0. The highest BCUT2D eigenvalue weighted by atomic mass is 16.3. The minimum atomic E-state index is 0.0836. The second-order valence-corrected chi connectivity index (χ2v) is 4.32. The van der Waals surface area contributed by atoms with Crippen LogP contribution in [0.2, 0.25) is 0 Å². The lowest BCUT2D eigenvalue weighted by atomic mass is 10.1. The highest BCUT2D eigenvalue weighted by Gasteiger charge is 2.09. The fourth-order valence-electron chi connectivity index (χ4n) is 2.14. The summed E-state index contributed by atoms with van der Waals surface area (Å²) in [6.07, 6.45) is 1.80. The van der Waals surface area contributed by atoms with Crippen molar-refractivity contribution in [2.75, 3.05) is 24.6 Å². The zero-order chi connectivity index (χ0) is 13.7. The Kier molecular flexibility index (Phi) is 4.49. The highest BCUT2D eigenvalue weighted by Crippen LogP contribution is 2.22. The molecule has 0 aliphatic carbocycles. The maximum atomic E-state index is 9.14. The molecule has 19 heavy (non-hydrogen) atoms. The third kappa shape index (κ3) is 2.92. The molecule has 1 heterocycles. The van der Waals surface area contributed by atoms with Crippen LogP contribution < -0.4 is 10.6 Å². The van der Waals surface area contributed by atoms with E-state index in [9.17, 15) is 0 Å². The van der Waals surface area contributed by atoms with Crippen LogP contribution in [-0.4, -0.2) is 29.8 Å². The number of fused-ring (bicyclic) bond motifs is 1. The summed E-state index contributed by atoms with van der Waals surface area (Å²) in [4.78, 5) is 6.62. The molecule has 0 saturated heterocycles. The molecule has 4 nitrogen and oxygen atoms in total. The van der Waals surface area contributed by atoms with E-state index >= 15 is 0 Å². The van der Waals surface area contributed by atoms with E-state index < -0.39 is 0 Å². The van der Waals surface area contributed by atoms with Gasteiger partial charge in [0.2, 0.25) is 0 Å². The van der Waals surface area contributed by atoms with Crippen molar-refractivity contribution in [1.82, 2.24) is 4.98 Å². The fraction of sp³-hybridized carbons (Fsp3) is 0.267. The van der Waals surface area contributed by atoms with E-state index in [0.29, 0.717) is 19.6 Å². The Labute approximate surface area is 113 Å². The first-order chi connectivity index (χ1) is 9.30. The Balaban J connectivity index is 2.50. The second kappa shape index (κ2) is 6.31. The first kappa shape index (κ1) is 13.5. The quantitative estimate of drug-likeness (QED) is 0.773. The first-order valence-electron chi connectivity index (χ1n) is 6.35. The van der Waals surface area contributed by atoms with Crippen molar-refractivity contribution in [3.05, 3.63) is 48.6 Å². The van der Waals surface area contributed by atoms with Crippen LogP contribution in [0.1, 0.15) is 5.56 Å². The van der Waals surface area contributed by atoms with E-state index in [4.69, 9.17) is 10.8 Å². The predicted octanol–water partition coefficient (Wildman–Crippen LogP) is 1.68. The van der Waals surface area contributed by atoms with E-state index in [0.717, 1.165) is 22.3 Å². The third-order valence-electron chi connectivity index (χ3n) is 3.05. The Bertz CT molecular complexity index is 568. The lowest BCUT2D eigenvalue weighted by Crippen LogP contribution is -2.27. The van der Waals surface area contributed by atoms with Crippen LogP contribution in [0.5, 0.6) is 0 Å². The molecule has 0 fully saturated rings. The number of pyridine rings is 1. The molecule has 0 atom stereocenters. The summed E-state index contributed by atoms with van der Waals surface area (Å²) in [5.74, 6) is 0.827. The minimum Gasteiger partial charge on any atom is -0.395 e. The maximum absolute atomic E-state index is 9.14. The monoisotopic (exact) mass is 257 g/mol. The first-order valence-corrected chi connectivity index (χ1v) is 6.35. The van der Waals surface area contributed by atoms with Crippen LogP contribution in [0, 0.1) is 0 Å². The van der Waals surface area contributed by atoms with Gasteiger partial charge in [0.15, 0.2) is 0 Å². The van der Waals surface area contributed by atoms with Crippen molar-refractivity contribution in [1.29, 1.82) is 0 Å². The zero-order valence-electron chi connectivity index (χ0n) is 10.9. The number of para-hydroxylation sites is 1. The molecule has 3 N–H and O–H groups in total. The molecular weight excluding hydrogens is 238 g/mol. The second-order valence-electron chi connectivity index (χ2n) is 4.32. The summed E-state index contributed by atoms with van der Waals surface area (Å²) in [5.41, 5.74) is 7.80. The van der Waals surface area contributed by atoms with Crippen molar-refractivity contribution in [3.63, 3.8) is 0 Å². The zero-order valence-corrected chi connectivity index (χ0v) is 10.9. The van der Waals surface area contributed by atoms with Crippen LogP contribution in [0.15, 0.2) is 43.0 Å². The third-order valence-corrected chi connectivity index (χ3v) is 3.05. The normalized spacial score (nSPS) is 10.6. The van der Waals surface area contributed by atoms with E-state index in [-0.39, 0.29) is 6.61 Å².